The molecule has 128 valence electrons. The number of nitrogens with one attached hydrogen (secondary N) is 1. The normalized spacial score (nSPS) is 15.0. The number of carbonyl (C=O) groups excluding carboxylic acids is 1. The summed E-state index contributed by atoms with van der Waals surface area (Å²) < 4.78 is 27.0. The van der Waals surface area contributed by atoms with E-state index in [2.05, 4.69) is 5.32 Å². The number of hydrogen-bond donors (Lipinski definition) is 1. The molecule has 2 heterocycles. The molecule has 24 heavy (non-hydrogen) atoms. The van der Waals surface area contributed by atoms with E-state index in [0.29, 0.717) is 18.5 Å². The van der Waals surface area contributed by atoms with E-state index in [1.807, 2.05) is 17.5 Å². The van der Waals surface area contributed by atoms with E-state index >= 15 is 0 Å². The molecule has 0 saturated heterocycles. The van der Waals surface area contributed by atoms with Gasteiger partial charge in [-0.15, -0.1) is 11.3 Å². The smallest absolute Gasteiger partial charge is 0.244 e. The second-order valence-electron chi connectivity index (χ2n) is 5.68. The predicted octanol–water partition coefficient (Wildman–Crippen LogP) is 3.50. The molecule has 0 saturated carbocycles. The molecule has 0 radical (unpaired) electrons. The monoisotopic (exact) mass is 384 g/mol. The van der Waals surface area contributed by atoms with Crippen molar-refractivity contribution in [2.24, 2.45) is 0 Å². The van der Waals surface area contributed by atoms with Crippen LogP contribution in [-0.2, 0) is 27.8 Å². The maximum absolute atomic E-state index is 12.9. The van der Waals surface area contributed by atoms with E-state index in [1.54, 1.807) is 6.07 Å². The SMILES string of the molecule is CN(Cc1cccs1)S(=O)(=O)c1cc2c(cc1Cl)CCCC(=O)N2. The summed E-state index contributed by atoms with van der Waals surface area (Å²) in [7, 11) is -2.23. The van der Waals surface area contributed by atoms with Crippen molar-refractivity contribution in [3.8, 4) is 0 Å². The van der Waals surface area contributed by atoms with Crippen molar-refractivity contribution < 1.29 is 13.2 Å². The molecule has 0 atom stereocenters. The minimum atomic E-state index is -3.75. The lowest BCUT2D eigenvalue weighted by Crippen LogP contribution is -2.26. The van der Waals surface area contributed by atoms with Crippen LogP contribution in [0.1, 0.15) is 23.3 Å². The summed E-state index contributed by atoms with van der Waals surface area (Å²) in [5.41, 5.74) is 1.40. The van der Waals surface area contributed by atoms with Gasteiger partial charge >= 0.3 is 0 Å². The van der Waals surface area contributed by atoms with Crippen molar-refractivity contribution in [3.05, 3.63) is 45.1 Å². The van der Waals surface area contributed by atoms with Gasteiger partial charge in [-0.3, -0.25) is 4.79 Å². The number of fused-ring (bicyclic) bond motifs is 1. The number of aryl methyl sites for hydroxylation is 1. The molecular formula is C16H17ClN2O3S2. The molecule has 0 spiro atoms. The van der Waals surface area contributed by atoms with Crippen LogP contribution in [0.25, 0.3) is 0 Å². The molecule has 1 amide bonds. The average molecular weight is 385 g/mol. The van der Waals surface area contributed by atoms with Crippen molar-refractivity contribution in [2.45, 2.75) is 30.7 Å². The highest BCUT2D eigenvalue weighted by Gasteiger charge is 2.26. The Labute approximate surface area is 150 Å². The fourth-order valence-electron chi connectivity index (χ4n) is 2.64. The molecule has 1 aliphatic rings. The van der Waals surface area contributed by atoms with Gasteiger partial charge in [0.2, 0.25) is 15.9 Å². The number of sulfonamides is 1. The van der Waals surface area contributed by atoms with Crippen LogP contribution in [0.2, 0.25) is 5.02 Å². The molecule has 5 nitrogen and oxygen atoms in total. The molecular weight excluding hydrogens is 368 g/mol. The van der Waals surface area contributed by atoms with Crippen LogP contribution in [-0.4, -0.2) is 25.7 Å². The summed E-state index contributed by atoms with van der Waals surface area (Å²) in [5, 5.41) is 4.85. The van der Waals surface area contributed by atoms with Crippen LogP contribution in [0, 0.1) is 0 Å². The Morgan fingerprint density at radius 1 is 1.33 bits per heavy atom. The lowest BCUT2D eigenvalue weighted by molar-refractivity contribution is -0.116. The van der Waals surface area contributed by atoms with Gasteiger partial charge in [-0.05, 0) is 42.0 Å². The highest BCUT2D eigenvalue weighted by molar-refractivity contribution is 7.89. The molecule has 2 aromatic rings. The summed E-state index contributed by atoms with van der Waals surface area (Å²) in [6, 6.07) is 6.89. The fourth-order valence-corrected chi connectivity index (χ4v) is 5.18. The molecule has 1 N–H and O–H groups in total. The zero-order valence-corrected chi connectivity index (χ0v) is 15.5. The van der Waals surface area contributed by atoms with E-state index in [9.17, 15) is 13.2 Å². The molecule has 1 aromatic carbocycles. The van der Waals surface area contributed by atoms with Crippen molar-refractivity contribution in [3.63, 3.8) is 0 Å². The van der Waals surface area contributed by atoms with Gasteiger partial charge in [-0.25, -0.2) is 8.42 Å². The number of thiophene rings is 1. The number of benzene rings is 1. The summed E-state index contributed by atoms with van der Waals surface area (Å²) in [6.45, 7) is 0.278. The molecule has 0 bridgehead atoms. The first kappa shape index (κ1) is 17.4. The van der Waals surface area contributed by atoms with Crippen molar-refractivity contribution in [1.82, 2.24) is 4.31 Å². The van der Waals surface area contributed by atoms with Crippen LogP contribution in [0.4, 0.5) is 5.69 Å². The number of nitrogens with zero attached hydrogens (tertiary/aromatic N) is 1. The van der Waals surface area contributed by atoms with Gasteiger partial charge in [0.05, 0.1) is 5.02 Å². The number of anilines is 1. The van der Waals surface area contributed by atoms with Crippen LogP contribution in [0.5, 0.6) is 0 Å². The third-order valence-corrected chi connectivity index (χ3v) is 7.06. The van der Waals surface area contributed by atoms with E-state index < -0.39 is 10.0 Å². The second-order valence-corrected chi connectivity index (χ2v) is 9.13. The number of carbonyl (C=O) groups is 1. The molecule has 1 aliphatic heterocycles. The third-order valence-electron chi connectivity index (χ3n) is 3.93. The number of halogens is 1. The molecule has 3 rings (SSSR count). The van der Waals surface area contributed by atoms with Gasteiger partial charge in [-0.2, -0.15) is 4.31 Å². The van der Waals surface area contributed by atoms with Crippen molar-refractivity contribution in [2.75, 3.05) is 12.4 Å². The van der Waals surface area contributed by atoms with Crippen LogP contribution in [0.3, 0.4) is 0 Å². The molecule has 0 aliphatic carbocycles. The van der Waals surface area contributed by atoms with Gasteiger partial charge < -0.3 is 5.32 Å². The Morgan fingerprint density at radius 3 is 2.83 bits per heavy atom. The van der Waals surface area contributed by atoms with E-state index in [0.717, 1.165) is 16.9 Å². The first-order valence-electron chi connectivity index (χ1n) is 7.49. The maximum Gasteiger partial charge on any atom is 0.244 e. The largest absolute Gasteiger partial charge is 0.326 e. The van der Waals surface area contributed by atoms with Crippen LogP contribution in [0.15, 0.2) is 34.5 Å². The predicted molar refractivity (Wildman–Crippen MR) is 96.0 cm³/mol. The zero-order chi connectivity index (χ0) is 17.3. The lowest BCUT2D eigenvalue weighted by Gasteiger charge is -2.19. The van der Waals surface area contributed by atoms with Gasteiger partial charge in [0, 0.05) is 30.6 Å². The number of rotatable bonds is 4. The third kappa shape index (κ3) is 3.49. The summed E-state index contributed by atoms with van der Waals surface area (Å²) >= 11 is 7.74. The minimum absolute atomic E-state index is 0.0178. The Bertz CT molecular complexity index is 864. The topological polar surface area (TPSA) is 66.5 Å². The van der Waals surface area contributed by atoms with Crippen LogP contribution < -0.4 is 5.32 Å². The second kappa shape index (κ2) is 6.84. The Balaban J connectivity index is 1.97. The number of amides is 1. The average Bonchev–Trinajstić information content (AvgIpc) is 2.95. The van der Waals surface area contributed by atoms with E-state index in [-0.39, 0.29) is 22.4 Å². The molecule has 8 heteroatoms. The first-order chi connectivity index (χ1) is 11.4. The van der Waals surface area contributed by atoms with E-state index in [1.165, 1.54) is 28.8 Å². The molecule has 0 fully saturated rings. The molecule has 1 aromatic heterocycles. The number of hydrogen-bond acceptors (Lipinski definition) is 4. The standard InChI is InChI=1S/C16H17ClN2O3S2/c1-19(10-12-5-3-7-23-12)24(21,22)15-9-14-11(8-13(15)17)4-2-6-16(20)18-14/h3,5,7-9H,2,4,6,10H2,1H3,(H,18,20). The first-order valence-corrected chi connectivity index (χ1v) is 10.2. The van der Waals surface area contributed by atoms with Gasteiger partial charge in [0.15, 0.2) is 0 Å². The van der Waals surface area contributed by atoms with Crippen LogP contribution >= 0.6 is 22.9 Å². The van der Waals surface area contributed by atoms with Gasteiger partial charge in [-0.1, -0.05) is 17.7 Å². The minimum Gasteiger partial charge on any atom is -0.326 e. The highest BCUT2D eigenvalue weighted by Crippen LogP contribution is 2.33. The quantitative estimate of drug-likeness (QED) is 0.877. The molecule has 0 unspecified atom stereocenters. The highest BCUT2D eigenvalue weighted by atomic mass is 35.5. The van der Waals surface area contributed by atoms with E-state index in [4.69, 9.17) is 11.6 Å². The van der Waals surface area contributed by atoms with Crippen molar-refractivity contribution in [1.29, 1.82) is 0 Å². The Morgan fingerprint density at radius 2 is 2.12 bits per heavy atom. The zero-order valence-electron chi connectivity index (χ0n) is 13.1. The Hall–Kier alpha value is -1.41. The lowest BCUT2D eigenvalue weighted by atomic mass is 10.1. The summed E-state index contributed by atoms with van der Waals surface area (Å²) in [6.07, 6.45) is 1.84. The van der Waals surface area contributed by atoms with Crippen molar-refractivity contribution >= 4 is 44.6 Å². The maximum atomic E-state index is 12.9. The van der Waals surface area contributed by atoms with Gasteiger partial charge in [0.25, 0.3) is 0 Å². The fraction of sp³-hybridized carbons (Fsp3) is 0.312. The Kier molecular flexibility index (Phi) is 4.96. The summed E-state index contributed by atoms with van der Waals surface area (Å²) in [5.74, 6) is -0.105. The summed E-state index contributed by atoms with van der Waals surface area (Å²) in [4.78, 5) is 12.7. The van der Waals surface area contributed by atoms with Gasteiger partial charge in [0.1, 0.15) is 4.90 Å².